The van der Waals surface area contributed by atoms with Crippen LogP contribution in [0.5, 0.6) is 0 Å². The molecule has 19 heavy (non-hydrogen) atoms. The third-order valence-electron chi connectivity index (χ3n) is 4.40. The van der Waals surface area contributed by atoms with Gasteiger partial charge in [-0.3, -0.25) is 10.2 Å². The van der Waals surface area contributed by atoms with Crippen molar-refractivity contribution in [2.45, 2.75) is 70.2 Å². The average Bonchev–Trinajstić information content (AvgIpc) is 2.93. The summed E-state index contributed by atoms with van der Waals surface area (Å²) in [6.07, 6.45) is 7.87. The highest BCUT2D eigenvalue weighted by Gasteiger charge is 2.32. The molecule has 110 valence electrons. The molecule has 0 bridgehead atoms. The number of hydrazine groups is 1. The van der Waals surface area contributed by atoms with Crippen molar-refractivity contribution in [2.75, 3.05) is 6.61 Å². The van der Waals surface area contributed by atoms with Crippen molar-refractivity contribution in [2.24, 2.45) is 11.8 Å². The molecule has 5 heteroatoms. The smallest absolute Gasteiger partial charge is 0.263 e. The first-order valence-electron chi connectivity index (χ1n) is 7.52. The van der Waals surface area contributed by atoms with Gasteiger partial charge >= 0.3 is 0 Å². The lowest BCUT2D eigenvalue weighted by molar-refractivity contribution is -0.134. The Kier molecular flexibility index (Phi) is 5.60. The summed E-state index contributed by atoms with van der Waals surface area (Å²) in [6.45, 7) is 2.84. The van der Waals surface area contributed by atoms with Crippen molar-refractivity contribution in [3.05, 3.63) is 0 Å². The van der Waals surface area contributed by atoms with Crippen LogP contribution in [0.1, 0.15) is 51.9 Å². The van der Waals surface area contributed by atoms with Gasteiger partial charge in [-0.1, -0.05) is 26.2 Å². The van der Waals surface area contributed by atoms with Crippen LogP contribution in [0.2, 0.25) is 0 Å². The van der Waals surface area contributed by atoms with E-state index in [-0.39, 0.29) is 12.0 Å². The predicted molar refractivity (Wildman–Crippen MR) is 72.2 cm³/mol. The zero-order valence-electron chi connectivity index (χ0n) is 11.8. The van der Waals surface area contributed by atoms with Gasteiger partial charge in [0.05, 0.1) is 18.8 Å². The molecule has 0 aromatic carbocycles. The van der Waals surface area contributed by atoms with Gasteiger partial charge in [-0.25, -0.2) is 5.84 Å². The van der Waals surface area contributed by atoms with Gasteiger partial charge < -0.3 is 9.47 Å². The molecule has 1 aliphatic carbocycles. The second-order valence-electron chi connectivity index (χ2n) is 5.66. The molecule has 2 fully saturated rings. The van der Waals surface area contributed by atoms with Crippen LogP contribution in [0.3, 0.4) is 0 Å². The summed E-state index contributed by atoms with van der Waals surface area (Å²) < 4.78 is 11.7. The third-order valence-corrected chi connectivity index (χ3v) is 4.40. The summed E-state index contributed by atoms with van der Waals surface area (Å²) in [5.41, 5.74) is 2.14. The van der Waals surface area contributed by atoms with Crippen molar-refractivity contribution in [1.29, 1.82) is 0 Å². The molecule has 0 aromatic heterocycles. The Labute approximate surface area is 115 Å². The number of hydrogen-bond acceptors (Lipinski definition) is 4. The fourth-order valence-corrected chi connectivity index (χ4v) is 3.21. The molecule has 5 nitrogen and oxygen atoms in total. The van der Waals surface area contributed by atoms with E-state index in [2.05, 4.69) is 12.3 Å². The van der Waals surface area contributed by atoms with E-state index in [1.54, 1.807) is 0 Å². The van der Waals surface area contributed by atoms with Crippen LogP contribution in [0.25, 0.3) is 0 Å². The van der Waals surface area contributed by atoms with Crippen molar-refractivity contribution < 1.29 is 14.3 Å². The summed E-state index contributed by atoms with van der Waals surface area (Å²) in [7, 11) is 0. The van der Waals surface area contributed by atoms with E-state index >= 15 is 0 Å². The number of hydrogen-bond donors (Lipinski definition) is 2. The lowest BCUT2D eigenvalue weighted by atomic mass is 9.85. The van der Waals surface area contributed by atoms with Gasteiger partial charge in [0.1, 0.15) is 6.10 Å². The summed E-state index contributed by atoms with van der Waals surface area (Å²) in [5, 5.41) is 0. The maximum absolute atomic E-state index is 11.4. The third kappa shape index (κ3) is 3.91. The van der Waals surface area contributed by atoms with Crippen LogP contribution in [0, 0.1) is 5.92 Å². The Morgan fingerprint density at radius 2 is 2.11 bits per heavy atom. The summed E-state index contributed by atoms with van der Waals surface area (Å²) >= 11 is 0. The normalized spacial score (nSPS) is 35.3. The topological polar surface area (TPSA) is 73.6 Å². The molecule has 0 spiro atoms. The minimum Gasteiger partial charge on any atom is -0.375 e. The van der Waals surface area contributed by atoms with Gasteiger partial charge in [-0.2, -0.15) is 0 Å². The number of nitrogens with one attached hydrogen (secondary N) is 1. The fraction of sp³-hybridized carbons (Fsp3) is 0.929. The Morgan fingerprint density at radius 1 is 1.32 bits per heavy atom. The number of nitrogens with two attached hydrogens (primary N) is 1. The molecule has 4 atom stereocenters. The molecule has 1 saturated heterocycles. The highest BCUT2D eigenvalue weighted by molar-refractivity contribution is 5.80. The first-order chi connectivity index (χ1) is 9.24. The maximum Gasteiger partial charge on any atom is 0.263 e. The van der Waals surface area contributed by atoms with E-state index in [4.69, 9.17) is 15.3 Å². The van der Waals surface area contributed by atoms with Gasteiger partial charge in [0, 0.05) is 0 Å². The van der Waals surface area contributed by atoms with Crippen LogP contribution in [-0.2, 0) is 14.3 Å². The summed E-state index contributed by atoms with van der Waals surface area (Å²) in [6, 6.07) is 0. The standard InChI is InChI=1S/C14H26N2O3/c1-2-10-5-3-4-6-12(10)18-9-11-7-8-13(19-11)14(17)16-15/h10-13H,2-9,15H2,1H3,(H,16,17). The van der Waals surface area contributed by atoms with E-state index in [1.807, 2.05) is 0 Å². The van der Waals surface area contributed by atoms with Gasteiger partial charge in [0.25, 0.3) is 5.91 Å². The van der Waals surface area contributed by atoms with E-state index in [9.17, 15) is 4.79 Å². The Bertz CT molecular complexity index is 298. The van der Waals surface area contributed by atoms with Crippen LogP contribution in [0.15, 0.2) is 0 Å². The average molecular weight is 270 g/mol. The van der Waals surface area contributed by atoms with Gasteiger partial charge in [0.2, 0.25) is 0 Å². The molecule has 1 aliphatic heterocycles. The number of ether oxygens (including phenoxy) is 2. The molecule has 2 aliphatic rings. The predicted octanol–water partition coefficient (Wildman–Crippen LogP) is 1.51. The molecule has 4 unspecified atom stereocenters. The first kappa shape index (κ1) is 14.8. The SMILES string of the molecule is CCC1CCCCC1OCC1CCC(C(=O)NN)O1. The number of carbonyl (C=O) groups is 1. The van der Waals surface area contributed by atoms with Crippen molar-refractivity contribution in [1.82, 2.24) is 5.43 Å². The van der Waals surface area contributed by atoms with Crippen LogP contribution >= 0.6 is 0 Å². The largest absolute Gasteiger partial charge is 0.375 e. The molecule has 1 saturated carbocycles. The lowest BCUT2D eigenvalue weighted by Crippen LogP contribution is -2.39. The molecular formula is C14H26N2O3. The van der Waals surface area contributed by atoms with Crippen molar-refractivity contribution in [3.8, 4) is 0 Å². The molecule has 0 radical (unpaired) electrons. The fourth-order valence-electron chi connectivity index (χ4n) is 3.21. The van der Waals surface area contributed by atoms with Crippen molar-refractivity contribution in [3.63, 3.8) is 0 Å². The molecule has 0 aromatic rings. The quantitative estimate of drug-likeness (QED) is 0.451. The molecule has 1 heterocycles. The zero-order chi connectivity index (χ0) is 13.7. The summed E-state index contributed by atoms with van der Waals surface area (Å²) in [4.78, 5) is 11.4. The van der Waals surface area contributed by atoms with E-state index in [0.717, 1.165) is 19.3 Å². The van der Waals surface area contributed by atoms with Crippen LogP contribution in [-0.4, -0.2) is 30.8 Å². The molecule has 3 N–H and O–H groups in total. The second-order valence-corrected chi connectivity index (χ2v) is 5.66. The first-order valence-corrected chi connectivity index (χ1v) is 7.52. The molecular weight excluding hydrogens is 244 g/mol. The highest BCUT2D eigenvalue weighted by atomic mass is 16.5. The van der Waals surface area contributed by atoms with E-state index < -0.39 is 6.10 Å². The maximum atomic E-state index is 11.4. The second kappa shape index (κ2) is 7.22. The minimum atomic E-state index is -0.396. The monoisotopic (exact) mass is 270 g/mol. The Hall–Kier alpha value is -0.650. The Balaban J connectivity index is 1.72. The summed E-state index contributed by atoms with van der Waals surface area (Å²) in [5.74, 6) is 5.58. The van der Waals surface area contributed by atoms with Crippen LogP contribution in [0.4, 0.5) is 0 Å². The van der Waals surface area contributed by atoms with Crippen molar-refractivity contribution >= 4 is 5.91 Å². The number of rotatable bonds is 5. The van der Waals surface area contributed by atoms with Gasteiger partial charge in [-0.15, -0.1) is 0 Å². The van der Waals surface area contributed by atoms with Crippen LogP contribution < -0.4 is 11.3 Å². The number of carbonyl (C=O) groups excluding carboxylic acids is 1. The minimum absolute atomic E-state index is 0.0433. The number of amides is 1. The zero-order valence-corrected chi connectivity index (χ0v) is 11.8. The molecule has 1 amide bonds. The van der Waals surface area contributed by atoms with E-state index in [0.29, 0.717) is 18.6 Å². The molecule has 2 rings (SSSR count). The lowest BCUT2D eigenvalue weighted by Gasteiger charge is -2.31. The van der Waals surface area contributed by atoms with E-state index in [1.165, 1.54) is 25.7 Å². The van der Waals surface area contributed by atoms with Gasteiger partial charge in [-0.05, 0) is 31.6 Å². The van der Waals surface area contributed by atoms with Gasteiger partial charge in [0.15, 0.2) is 0 Å². The Morgan fingerprint density at radius 3 is 2.84 bits per heavy atom. The highest BCUT2D eigenvalue weighted by Crippen LogP contribution is 2.30.